The molecule has 1 saturated heterocycles. The predicted molar refractivity (Wildman–Crippen MR) is 275 cm³/mol. The van der Waals surface area contributed by atoms with Gasteiger partial charge in [-0.1, -0.05) is 71.5 Å². The van der Waals surface area contributed by atoms with Crippen LogP contribution in [0.5, 0.6) is 11.5 Å². The summed E-state index contributed by atoms with van der Waals surface area (Å²) in [7, 11) is -1.47. The van der Waals surface area contributed by atoms with Gasteiger partial charge in [0.2, 0.25) is 5.91 Å². The molecule has 0 bridgehead atoms. The number of anilines is 1. The fourth-order valence-electron chi connectivity index (χ4n) is 6.64. The number of methoxy groups -OCH3 is 1. The molecule has 17 nitrogen and oxygen atoms in total. The van der Waals surface area contributed by atoms with Crippen LogP contribution in [-0.2, 0) is 50.6 Å². The molecule has 5 rings (SSSR count). The Kier molecular flexibility index (Phi) is 26.2. The minimum atomic E-state index is -4.56. The summed E-state index contributed by atoms with van der Waals surface area (Å²) in [5.41, 5.74) is 6.45. The molecule has 5 atom stereocenters. The number of carbonyl (C=O) groups excluding carboxylic acids is 3. The number of alkyl halides is 6. The van der Waals surface area contributed by atoms with Crippen LogP contribution in [0.2, 0.25) is 10.0 Å². The van der Waals surface area contributed by atoms with Crippen molar-refractivity contribution in [3.63, 3.8) is 0 Å². The van der Waals surface area contributed by atoms with Crippen LogP contribution in [-0.4, -0.2) is 117 Å². The van der Waals surface area contributed by atoms with Crippen LogP contribution < -0.4 is 15.4 Å². The second-order valence-electron chi connectivity index (χ2n) is 16.7. The highest BCUT2D eigenvalue weighted by Crippen LogP contribution is 2.39. The largest absolute Gasteiger partial charge is 0.480 e. The molecule has 410 valence electrons. The molecule has 0 aliphatic carbocycles. The number of esters is 1. The lowest BCUT2D eigenvalue weighted by Crippen LogP contribution is -2.45. The molecule has 1 aliphatic rings. The van der Waals surface area contributed by atoms with E-state index in [4.69, 9.17) is 102 Å². The topological polar surface area (TPSA) is 246 Å². The number of furan rings is 1. The highest BCUT2D eigenvalue weighted by molar-refractivity contribution is 7.57. The number of hydrogen-bond acceptors (Lipinski definition) is 12. The monoisotopic (exact) mass is 1160 g/mol. The van der Waals surface area contributed by atoms with E-state index in [9.17, 15) is 41.7 Å². The van der Waals surface area contributed by atoms with Gasteiger partial charge >= 0.3 is 24.1 Å². The first-order chi connectivity index (χ1) is 34.3. The molecule has 0 saturated carbocycles. The summed E-state index contributed by atoms with van der Waals surface area (Å²) in [4.78, 5) is 67.9. The van der Waals surface area contributed by atoms with Gasteiger partial charge in [0.15, 0.2) is 18.3 Å². The lowest BCUT2D eigenvalue weighted by atomic mass is 10.0. The summed E-state index contributed by atoms with van der Waals surface area (Å²) in [6, 6.07) is 14.9. The van der Waals surface area contributed by atoms with Gasteiger partial charge in [0.05, 0.1) is 52.3 Å². The van der Waals surface area contributed by atoms with E-state index in [1.807, 2.05) is 32.0 Å². The highest BCUT2D eigenvalue weighted by Gasteiger charge is 2.45. The average molecular weight is 1170 g/mol. The highest BCUT2D eigenvalue weighted by atomic mass is 35.5. The Bertz CT molecular complexity index is 2570. The first kappa shape index (κ1) is 65.5. The minimum Gasteiger partial charge on any atom is -0.480 e. The predicted octanol–water partition coefficient (Wildman–Crippen LogP) is 11.0. The molecule has 1 aromatic heterocycles. The number of benzene rings is 3. The van der Waals surface area contributed by atoms with Crippen molar-refractivity contribution in [1.29, 1.82) is 0 Å². The van der Waals surface area contributed by atoms with Crippen molar-refractivity contribution < 1.29 is 80.2 Å². The van der Waals surface area contributed by atoms with Gasteiger partial charge in [0, 0.05) is 19.9 Å². The fraction of sp³-hybridized carbons (Fsp3) is 0.438. The third kappa shape index (κ3) is 20.5. The molecule has 0 radical (unpaired) electrons. The molecule has 2 amide bonds. The number of nitrogens with zero attached hydrogens (tertiary/aromatic N) is 2. The molecule has 2 heterocycles. The van der Waals surface area contributed by atoms with Gasteiger partial charge in [-0.25, -0.2) is 9.59 Å². The number of para-hydroxylation sites is 1. The Morgan fingerprint density at radius 2 is 1.64 bits per heavy atom. The average Bonchev–Trinajstić information content (AvgIpc) is 3.97. The maximum absolute atomic E-state index is 12.7. The molecule has 4 aromatic rings. The number of carboxylic acid groups (broad SMARTS) is 2. The number of halogens is 8. The SMILES string of the molecule is CC1(C)OC(c2ccco2)CN1C(=O)C(Cl)Cl.CCc1cccc(C)c1N(C(=O)CCl)C(C)COC.CP(=O)(O)CCC(N)C(=O)O.C[C@H](OC(=O)c1cc(Oc2ccc(C(F)(F)F)cc2Cl)ccc1Cl)C(=O)O. The zero-order valence-corrected chi connectivity index (χ0v) is 46.0. The van der Waals surface area contributed by atoms with Crippen LogP contribution >= 0.6 is 65.4 Å². The maximum Gasteiger partial charge on any atom is 0.416 e. The van der Waals surface area contributed by atoms with Crippen LogP contribution in [0.1, 0.15) is 80.0 Å². The molecule has 0 spiro atoms. The Morgan fingerprint density at radius 3 is 2.14 bits per heavy atom. The van der Waals surface area contributed by atoms with Gasteiger partial charge in [-0.3, -0.25) is 18.9 Å². The van der Waals surface area contributed by atoms with E-state index in [1.54, 1.807) is 38.2 Å². The summed E-state index contributed by atoms with van der Waals surface area (Å²) in [5.74, 6) is -3.30. The van der Waals surface area contributed by atoms with Crippen molar-refractivity contribution in [2.75, 3.05) is 43.9 Å². The van der Waals surface area contributed by atoms with Crippen LogP contribution in [0.25, 0.3) is 0 Å². The fourth-order valence-corrected chi connectivity index (χ4v) is 8.17. The van der Waals surface area contributed by atoms with E-state index in [-0.39, 0.29) is 69.5 Å². The summed E-state index contributed by atoms with van der Waals surface area (Å²) in [5, 5.41) is 16.7. The third-order valence-corrected chi connectivity index (χ3v) is 12.7. The van der Waals surface area contributed by atoms with E-state index in [0.717, 1.165) is 48.4 Å². The van der Waals surface area contributed by atoms with E-state index >= 15 is 0 Å². The smallest absolute Gasteiger partial charge is 0.416 e. The number of amides is 2. The van der Waals surface area contributed by atoms with E-state index in [1.165, 1.54) is 23.7 Å². The Balaban J connectivity index is 0.000000354. The second kappa shape index (κ2) is 29.6. The zero-order chi connectivity index (χ0) is 56.5. The summed E-state index contributed by atoms with van der Waals surface area (Å²) in [6.45, 7) is 12.9. The second-order valence-corrected chi connectivity index (χ2v) is 21.5. The first-order valence-corrected chi connectivity index (χ1v) is 26.6. The zero-order valence-electron chi connectivity index (χ0n) is 41.3. The van der Waals surface area contributed by atoms with Gasteiger partial charge in [0.1, 0.15) is 41.0 Å². The number of carbonyl (C=O) groups is 5. The quantitative estimate of drug-likeness (QED) is 0.0436. The number of aryl methyl sites for hydroxylation is 2. The van der Waals surface area contributed by atoms with Gasteiger partial charge < -0.3 is 54.0 Å². The van der Waals surface area contributed by atoms with E-state index in [2.05, 4.69) is 13.0 Å². The third-order valence-electron chi connectivity index (χ3n) is 10.4. The van der Waals surface area contributed by atoms with Crippen molar-refractivity contribution in [3.05, 3.63) is 111 Å². The number of ether oxygens (including phenoxy) is 4. The molecule has 74 heavy (non-hydrogen) atoms. The Morgan fingerprint density at radius 1 is 0.986 bits per heavy atom. The summed E-state index contributed by atoms with van der Waals surface area (Å²) in [6.07, 6.45) is -3.79. The molecule has 1 aliphatic heterocycles. The van der Waals surface area contributed by atoms with Crippen molar-refractivity contribution in [2.45, 2.75) is 95.4 Å². The van der Waals surface area contributed by atoms with Crippen molar-refractivity contribution in [2.24, 2.45) is 5.73 Å². The first-order valence-electron chi connectivity index (χ1n) is 22.1. The van der Waals surface area contributed by atoms with E-state index < -0.39 is 59.7 Å². The van der Waals surface area contributed by atoms with Crippen molar-refractivity contribution >= 4 is 101 Å². The number of nitrogens with two attached hydrogens (primary N) is 1. The van der Waals surface area contributed by atoms with Gasteiger partial charge in [-0.2, -0.15) is 13.2 Å². The number of aliphatic carboxylic acids is 2. The van der Waals surface area contributed by atoms with E-state index in [0.29, 0.717) is 25.0 Å². The number of carboxylic acids is 2. The molecule has 1 fully saturated rings. The molecule has 5 N–H and O–H groups in total. The van der Waals surface area contributed by atoms with Crippen LogP contribution in [0.15, 0.2) is 77.4 Å². The number of rotatable bonds is 17. The molecule has 3 aromatic carbocycles. The van der Waals surface area contributed by atoms with Gasteiger partial charge in [-0.05, 0) is 107 Å². The normalized spacial score (nSPS) is 15.8. The van der Waals surface area contributed by atoms with Crippen molar-refractivity contribution in [1.82, 2.24) is 4.90 Å². The lowest BCUT2D eigenvalue weighted by Gasteiger charge is -2.31. The molecular weight excluding hydrogens is 1110 g/mol. The Labute approximate surface area is 451 Å². The summed E-state index contributed by atoms with van der Waals surface area (Å²) >= 11 is 28.7. The lowest BCUT2D eigenvalue weighted by molar-refractivity contribution is -0.146. The Hall–Kier alpha value is -4.60. The molecule has 26 heteroatoms. The van der Waals surface area contributed by atoms with Crippen LogP contribution in [0.4, 0.5) is 18.9 Å². The van der Waals surface area contributed by atoms with Crippen LogP contribution in [0, 0.1) is 6.92 Å². The van der Waals surface area contributed by atoms with Crippen molar-refractivity contribution in [3.8, 4) is 11.5 Å². The maximum atomic E-state index is 12.7. The molecule has 4 unspecified atom stereocenters. The number of hydrogen-bond donors (Lipinski definition) is 4. The molecular formula is C48H58Cl5F3N3O14P. The van der Waals surface area contributed by atoms with Crippen LogP contribution in [0.3, 0.4) is 0 Å². The standard InChI is InChI=1S/C17H11Cl2F3O5.C15H22ClNO2.C11H13Cl2NO3.C5H12NO4P/c1-8(15(23)24)26-16(25)11-7-10(3-4-12(11)18)27-14-5-2-9(6-13(14)19)17(20,21)22;1-5-13-8-6-7-11(2)15(13)17(14(18)9-16)12(3)10-19-4;1-11(2)14(10(15)9(12)13)6-8(17-11)7-4-3-5-16-7;1-11(9,10)3-2-4(6)5(7)8/h2-8H,1H3,(H,23,24);6-8,12H,5,9-10H2,1-4H3;3-5,8-9H,6H2,1-2H3;4H,2-3,6H2,1H3,(H,7,8)(H,9,10)/t8-;;;/m0.../s1. The van der Waals surface area contributed by atoms with Gasteiger partial charge in [-0.15, -0.1) is 11.6 Å². The summed E-state index contributed by atoms with van der Waals surface area (Å²) < 4.78 is 75.0. The minimum absolute atomic E-state index is 0.0223. The van der Waals surface area contributed by atoms with Gasteiger partial charge in [0.25, 0.3) is 5.91 Å².